The van der Waals surface area contributed by atoms with Crippen LogP contribution in [0.3, 0.4) is 0 Å². The van der Waals surface area contributed by atoms with Crippen molar-refractivity contribution in [3.05, 3.63) is 57.3 Å². The second-order valence-corrected chi connectivity index (χ2v) is 6.52. The molecule has 0 atom stereocenters. The molecule has 0 aliphatic rings. The van der Waals surface area contributed by atoms with Crippen molar-refractivity contribution in [1.82, 2.24) is 10.6 Å². The molecule has 2 aromatic carbocycles. The fourth-order valence-electron chi connectivity index (χ4n) is 2.43. The van der Waals surface area contributed by atoms with Gasteiger partial charge in [0, 0.05) is 24.6 Å². The van der Waals surface area contributed by atoms with Gasteiger partial charge < -0.3 is 20.1 Å². The number of aliphatic imine (C=N–C) groups is 1. The summed E-state index contributed by atoms with van der Waals surface area (Å²) in [4.78, 5) is 4.21. The first-order valence-corrected chi connectivity index (χ1v) is 8.87. The van der Waals surface area contributed by atoms with Crippen LogP contribution in [0, 0.1) is 12.7 Å². The maximum Gasteiger partial charge on any atom is 0.191 e. The Hall–Kier alpha value is -1.55. The van der Waals surface area contributed by atoms with Crippen LogP contribution in [0.4, 0.5) is 4.39 Å². The number of nitrogens with one attached hydrogen (secondary N) is 2. The molecule has 0 heterocycles. The van der Waals surface area contributed by atoms with Crippen LogP contribution in [0.1, 0.15) is 16.7 Å². The summed E-state index contributed by atoms with van der Waals surface area (Å²) < 4.78 is 24.9. The molecular formula is C19H24BrFIN3O2. The van der Waals surface area contributed by atoms with E-state index in [9.17, 15) is 4.39 Å². The normalized spacial score (nSPS) is 10.8. The van der Waals surface area contributed by atoms with Crippen molar-refractivity contribution < 1.29 is 13.9 Å². The SMILES string of the molecule is CN=C(NCc1ccc(F)c(C)c1)NCc1cc(OC)c(OC)cc1Br.I. The van der Waals surface area contributed by atoms with Crippen LogP contribution in [0.2, 0.25) is 0 Å². The third-order valence-corrected chi connectivity index (χ3v) is 4.64. The van der Waals surface area contributed by atoms with Crippen molar-refractivity contribution in [3.63, 3.8) is 0 Å². The fraction of sp³-hybridized carbons (Fsp3) is 0.316. The average Bonchev–Trinajstić information content (AvgIpc) is 2.65. The summed E-state index contributed by atoms with van der Waals surface area (Å²) in [6, 6.07) is 8.83. The number of hydrogen-bond acceptors (Lipinski definition) is 3. The summed E-state index contributed by atoms with van der Waals surface area (Å²) in [6.07, 6.45) is 0. The van der Waals surface area contributed by atoms with Gasteiger partial charge in [0.15, 0.2) is 17.5 Å². The Balaban J connectivity index is 0.00000364. The number of halogens is 3. The number of rotatable bonds is 6. The lowest BCUT2D eigenvalue weighted by Crippen LogP contribution is -2.36. The van der Waals surface area contributed by atoms with Crippen LogP contribution in [0.5, 0.6) is 11.5 Å². The van der Waals surface area contributed by atoms with Crippen molar-refractivity contribution in [1.29, 1.82) is 0 Å². The molecule has 27 heavy (non-hydrogen) atoms. The van der Waals surface area contributed by atoms with E-state index in [1.165, 1.54) is 6.07 Å². The van der Waals surface area contributed by atoms with E-state index in [-0.39, 0.29) is 29.8 Å². The topological polar surface area (TPSA) is 54.9 Å². The molecule has 0 aliphatic carbocycles. The monoisotopic (exact) mass is 551 g/mol. The van der Waals surface area contributed by atoms with Gasteiger partial charge in [-0.05, 0) is 41.8 Å². The zero-order chi connectivity index (χ0) is 19.1. The Morgan fingerprint density at radius 2 is 1.70 bits per heavy atom. The Kier molecular flexibility index (Phi) is 9.86. The third-order valence-electron chi connectivity index (χ3n) is 3.90. The van der Waals surface area contributed by atoms with Crippen molar-refractivity contribution in [2.45, 2.75) is 20.0 Å². The third kappa shape index (κ3) is 6.53. The van der Waals surface area contributed by atoms with Gasteiger partial charge in [0.25, 0.3) is 0 Å². The van der Waals surface area contributed by atoms with Crippen LogP contribution in [-0.2, 0) is 13.1 Å². The molecule has 0 fully saturated rings. The molecule has 0 aromatic heterocycles. The maximum atomic E-state index is 13.3. The standard InChI is InChI=1S/C19H23BrFN3O2.HI/c1-12-7-13(5-6-16(12)21)10-23-19(22-2)24-11-14-8-17(25-3)18(26-4)9-15(14)20;/h5-9H,10-11H2,1-4H3,(H2,22,23,24);1H. The highest BCUT2D eigenvalue weighted by atomic mass is 127. The van der Waals surface area contributed by atoms with Crippen LogP contribution in [-0.4, -0.2) is 27.2 Å². The number of hydrogen-bond donors (Lipinski definition) is 2. The summed E-state index contributed by atoms with van der Waals surface area (Å²) in [5, 5.41) is 6.47. The first-order valence-electron chi connectivity index (χ1n) is 8.08. The van der Waals surface area contributed by atoms with Gasteiger partial charge in [-0.25, -0.2) is 4.39 Å². The molecule has 0 saturated heterocycles. The molecule has 148 valence electrons. The highest BCUT2D eigenvalue weighted by Crippen LogP contribution is 2.33. The maximum absolute atomic E-state index is 13.3. The van der Waals surface area contributed by atoms with E-state index in [1.54, 1.807) is 34.3 Å². The second-order valence-electron chi connectivity index (χ2n) is 5.66. The lowest BCUT2D eigenvalue weighted by molar-refractivity contribution is 0.354. The van der Waals surface area contributed by atoms with Crippen LogP contribution >= 0.6 is 39.9 Å². The lowest BCUT2D eigenvalue weighted by atomic mass is 10.1. The molecule has 8 heteroatoms. The van der Waals surface area contributed by atoms with E-state index in [1.807, 2.05) is 18.2 Å². The van der Waals surface area contributed by atoms with Crippen molar-refractivity contribution in [3.8, 4) is 11.5 Å². The van der Waals surface area contributed by atoms with Gasteiger partial charge in [0.1, 0.15) is 5.82 Å². The van der Waals surface area contributed by atoms with E-state index >= 15 is 0 Å². The van der Waals surface area contributed by atoms with Crippen LogP contribution in [0.25, 0.3) is 0 Å². The summed E-state index contributed by atoms with van der Waals surface area (Å²) >= 11 is 3.54. The summed E-state index contributed by atoms with van der Waals surface area (Å²) in [5.41, 5.74) is 2.61. The lowest BCUT2D eigenvalue weighted by Gasteiger charge is -2.15. The Bertz CT molecular complexity index is 803. The molecule has 2 N–H and O–H groups in total. The second kappa shape index (κ2) is 11.3. The van der Waals surface area contributed by atoms with Crippen molar-refractivity contribution in [2.75, 3.05) is 21.3 Å². The van der Waals surface area contributed by atoms with Crippen molar-refractivity contribution >= 4 is 45.9 Å². The number of aryl methyl sites for hydroxylation is 1. The fourth-order valence-corrected chi connectivity index (χ4v) is 2.90. The molecule has 0 aliphatic heterocycles. The predicted octanol–water partition coefficient (Wildman–Crippen LogP) is 4.40. The van der Waals surface area contributed by atoms with Crippen LogP contribution in [0.15, 0.2) is 39.8 Å². The smallest absolute Gasteiger partial charge is 0.191 e. The highest BCUT2D eigenvalue weighted by Gasteiger charge is 2.10. The summed E-state index contributed by atoms with van der Waals surface area (Å²) in [6.45, 7) is 2.84. The van der Waals surface area contributed by atoms with Gasteiger partial charge >= 0.3 is 0 Å². The average molecular weight is 552 g/mol. The minimum Gasteiger partial charge on any atom is -0.493 e. The Morgan fingerprint density at radius 1 is 1.07 bits per heavy atom. The Morgan fingerprint density at radius 3 is 2.30 bits per heavy atom. The molecule has 0 radical (unpaired) electrons. The van der Waals surface area contributed by atoms with Gasteiger partial charge in [0.05, 0.1) is 14.2 Å². The number of methoxy groups -OCH3 is 2. The summed E-state index contributed by atoms with van der Waals surface area (Å²) in [7, 11) is 4.91. The molecule has 0 amide bonds. The molecular weight excluding hydrogens is 528 g/mol. The van der Waals surface area contributed by atoms with Gasteiger partial charge in [0.2, 0.25) is 0 Å². The first kappa shape index (κ1) is 23.5. The molecule has 0 unspecified atom stereocenters. The number of ether oxygens (including phenoxy) is 2. The van der Waals surface area contributed by atoms with E-state index < -0.39 is 0 Å². The molecule has 2 aromatic rings. The number of nitrogens with zero attached hydrogens (tertiary/aromatic N) is 1. The number of benzene rings is 2. The van der Waals surface area contributed by atoms with Gasteiger partial charge in [-0.3, -0.25) is 4.99 Å². The molecule has 0 bridgehead atoms. The molecule has 5 nitrogen and oxygen atoms in total. The minimum atomic E-state index is -0.199. The zero-order valence-electron chi connectivity index (χ0n) is 15.7. The van der Waals surface area contributed by atoms with E-state index in [0.717, 1.165) is 15.6 Å². The number of guanidine groups is 1. The van der Waals surface area contributed by atoms with Gasteiger partial charge in [-0.15, -0.1) is 24.0 Å². The zero-order valence-corrected chi connectivity index (χ0v) is 19.6. The first-order chi connectivity index (χ1) is 12.5. The van der Waals surface area contributed by atoms with E-state index in [2.05, 4.69) is 31.6 Å². The molecule has 0 spiro atoms. The van der Waals surface area contributed by atoms with Crippen LogP contribution < -0.4 is 20.1 Å². The van der Waals surface area contributed by atoms with E-state index in [0.29, 0.717) is 36.1 Å². The molecule has 2 rings (SSSR count). The van der Waals surface area contributed by atoms with Gasteiger partial charge in [-0.1, -0.05) is 28.1 Å². The quantitative estimate of drug-likeness (QED) is 0.317. The van der Waals surface area contributed by atoms with Crippen molar-refractivity contribution in [2.24, 2.45) is 4.99 Å². The molecule has 0 saturated carbocycles. The Labute approximate surface area is 184 Å². The van der Waals surface area contributed by atoms with Gasteiger partial charge in [-0.2, -0.15) is 0 Å². The largest absolute Gasteiger partial charge is 0.493 e. The summed E-state index contributed by atoms with van der Waals surface area (Å²) in [5.74, 6) is 1.78. The van der Waals surface area contributed by atoms with E-state index in [4.69, 9.17) is 9.47 Å². The minimum absolute atomic E-state index is 0. The predicted molar refractivity (Wildman–Crippen MR) is 121 cm³/mol. The highest BCUT2D eigenvalue weighted by molar-refractivity contribution is 14.0.